The number of anilines is 1. The molecule has 0 fully saturated rings. The van der Waals surface area contributed by atoms with Gasteiger partial charge in [0.2, 0.25) is 0 Å². The van der Waals surface area contributed by atoms with Gasteiger partial charge in [-0.15, -0.1) is 0 Å². The molecule has 5 nitrogen and oxygen atoms in total. The van der Waals surface area contributed by atoms with Crippen LogP contribution in [0.15, 0.2) is 42.7 Å². The third-order valence-corrected chi connectivity index (χ3v) is 4.01. The number of nitrogens with one attached hydrogen (secondary N) is 1. The van der Waals surface area contributed by atoms with Crippen molar-refractivity contribution in [2.75, 3.05) is 18.5 Å². The highest BCUT2D eigenvalue weighted by Crippen LogP contribution is 2.34. The van der Waals surface area contributed by atoms with Gasteiger partial charge in [0, 0.05) is 18.0 Å². The summed E-state index contributed by atoms with van der Waals surface area (Å²) in [6.07, 6.45) is -2.98. The molecule has 0 spiro atoms. The van der Waals surface area contributed by atoms with E-state index >= 15 is 0 Å². The second-order valence-electron chi connectivity index (χ2n) is 5.96. The number of benzene rings is 2. The Labute approximate surface area is 160 Å². The average Bonchev–Trinajstić information content (AvgIpc) is 2.67. The molecular formula is C20H20F3N3O2. The van der Waals surface area contributed by atoms with E-state index < -0.39 is 11.7 Å². The molecule has 1 N–H and O–H groups in total. The van der Waals surface area contributed by atoms with Crippen molar-refractivity contribution in [3.05, 3.63) is 53.9 Å². The van der Waals surface area contributed by atoms with E-state index in [-0.39, 0.29) is 6.54 Å². The Hall–Kier alpha value is -3.03. The highest BCUT2D eigenvalue weighted by atomic mass is 19.4. The second kappa shape index (κ2) is 8.33. The number of fused-ring (bicyclic) bond motifs is 1. The van der Waals surface area contributed by atoms with Gasteiger partial charge in [-0.25, -0.2) is 9.97 Å². The second-order valence-corrected chi connectivity index (χ2v) is 5.96. The van der Waals surface area contributed by atoms with Crippen LogP contribution in [0.1, 0.15) is 25.0 Å². The maximum atomic E-state index is 12.9. The molecule has 0 amide bonds. The Balaban J connectivity index is 1.90. The Kier molecular flexibility index (Phi) is 5.87. The number of hydrogen-bond acceptors (Lipinski definition) is 5. The standard InChI is InChI=1S/C20H20F3N3O2/c1-3-27-17-9-15-16(10-18(17)28-4-2)25-12-26-19(15)24-11-13-6-5-7-14(8-13)20(21,22)23/h5-10,12H,3-4,11H2,1-2H3,(H,24,25,26). The van der Waals surface area contributed by atoms with E-state index in [0.29, 0.717) is 47.0 Å². The van der Waals surface area contributed by atoms with E-state index in [1.54, 1.807) is 18.2 Å². The third-order valence-electron chi connectivity index (χ3n) is 4.01. The zero-order chi connectivity index (χ0) is 20.1. The zero-order valence-corrected chi connectivity index (χ0v) is 15.5. The molecule has 0 aliphatic rings. The van der Waals surface area contributed by atoms with Gasteiger partial charge in [0.05, 0.1) is 24.3 Å². The lowest BCUT2D eigenvalue weighted by atomic mass is 10.1. The maximum Gasteiger partial charge on any atom is 0.416 e. The van der Waals surface area contributed by atoms with Gasteiger partial charge in [0.1, 0.15) is 12.1 Å². The van der Waals surface area contributed by atoms with E-state index in [4.69, 9.17) is 9.47 Å². The van der Waals surface area contributed by atoms with Crippen molar-refractivity contribution in [1.29, 1.82) is 0 Å². The van der Waals surface area contributed by atoms with E-state index in [1.807, 2.05) is 13.8 Å². The first-order chi connectivity index (χ1) is 13.4. The summed E-state index contributed by atoms with van der Waals surface area (Å²) in [4.78, 5) is 8.48. The van der Waals surface area contributed by atoms with Crippen LogP contribution < -0.4 is 14.8 Å². The Morgan fingerprint density at radius 2 is 1.68 bits per heavy atom. The van der Waals surface area contributed by atoms with Crippen LogP contribution in [-0.4, -0.2) is 23.2 Å². The van der Waals surface area contributed by atoms with Crippen LogP contribution in [0.5, 0.6) is 11.5 Å². The molecule has 1 aromatic heterocycles. The van der Waals surface area contributed by atoms with Gasteiger partial charge in [-0.05, 0) is 37.6 Å². The fourth-order valence-electron chi connectivity index (χ4n) is 2.78. The number of aromatic nitrogens is 2. The molecule has 0 radical (unpaired) electrons. The lowest BCUT2D eigenvalue weighted by molar-refractivity contribution is -0.137. The number of rotatable bonds is 7. The molecule has 3 rings (SSSR count). The first-order valence-electron chi connectivity index (χ1n) is 8.86. The molecule has 0 atom stereocenters. The van der Waals surface area contributed by atoms with Crippen molar-refractivity contribution < 1.29 is 22.6 Å². The predicted octanol–water partition coefficient (Wildman–Crippen LogP) is 5.06. The molecule has 0 saturated carbocycles. The van der Waals surface area contributed by atoms with Crippen LogP contribution in [0.25, 0.3) is 10.9 Å². The van der Waals surface area contributed by atoms with Gasteiger partial charge in [-0.3, -0.25) is 0 Å². The molecule has 148 valence electrons. The maximum absolute atomic E-state index is 12.9. The lowest BCUT2D eigenvalue weighted by Gasteiger charge is -2.14. The summed E-state index contributed by atoms with van der Waals surface area (Å²) in [5, 5.41) is 3.78. The minimum Gasteiger partial charge on any atom is -0.490 e. The first kappa shape index (κ1) is 19.7. The van der Waals surface area contributed by atoms with Gasteiger partial charge in [-0.2, -0.15) is 13.2 Å². The van der Waals surface area contributed by atoms with Crippen molar-refractivity contribution in [1.82, 2.24) is 9.97 Å². The molecule has 28 heavy (non-hydrogen) atoms. The topological polar surface area (TPSA) is 56.3 Å². The monoisotopic (exact) mass is 391 g/mol. The average molecular weight is 391 g/mol. The van der Waals surface area contributed by atoms with Gasteiger partial charge in [-0.1, -0.05) is 12.1 Å². The van der Waals surface area contributed by atoms with Crippen molar-refractivity contribution in [3.63, 3.8) is 0 Å². The van der Waals surface area contributed by atoms with Crippen LogP contribution in [0.2, 0.25) is 0 Å². The van der Waals surface area contributed by atoms with Crippen molar-refractivity contribution in [3.8, 4) is 11.5 Å². The van der Waals surface area contributed by atoms with Crippen LogP contribution >= 0.6 is 0 Å². The highest BCUT2D eigenvalue weighted by molar-refractivity contribution is 5.91. The van der Waals surface area contributed by atoms with Gasteiger partial charge < -0.3 is 14.8 Å². The fourth-order valence-corrected chi connectivity index (χ4v) is 2.78. The van der Waals surface area contributed by atoms with Gasteiger partial charge in [0.15, 0.2) is 11.5 Å². The summed E-state index contributed by atoms with van der Waals surface area (Å²) in [6.45, 7) is 4.88. The molecule has 1 heterocycles. The van der Waals surface area contributed by atoms with Crippen molar-refractivity contribution >= 4 is 16.7 Å². The molecule has 2 aromatic carbocycles. The lowest BCUT2D eigenvalue weighted by Crippen LogP contribution is -2.07. The molecule has 0 saturated heterocycles. The number of nitrogens with zero attached hydrogens (tertiary/aromatic N) is 2. The van der Waals surface area contributed by atoms with E-state index in [0.717, 1.165) is 12.1 Å². The number of hydrogen-bond donors (Lipinski definition) is 1. The molecule has 0 aliphatic heterocycles. The fraction of sp³-hybridized carbons (Fsp3) is 0.300. The molecule has 3 aromatic rings. The summed E-state index contributed by atoms with van der Waals surface area (Å²) in [6, 6.07) is 8.73. The van der Waals surface area contributed by atoms with Crippen molar-refractivity contribution in [2.45, 2.75) is 26.6 Å². The number of halogens is 3. The van der Waals surface area contributed by atoms with E-state index in [1.165, 1.54) is 12.4 Å². The van der Waals surface area contributed by atoms with Crippen LogP contribution in [0.4, 0.5) is 19.0 Å². The van der Waals surface area contributed by atoms with Crippen LogP contribution in [0, 0.1) is 0 Å². The first-order valence-corrected chi connectivity index (χ1v) is 8.86. The highest BCUT2D eigenvalue weighted by Gasteiger charge is 2.30. The predicted molar refractivity (Wildman–Crippen MR) is 101 cm³/mol. The largest absolute Gasteiger partial charge is 0.490 e. The Morgan fingerprint density at radius 3 is 2.36 bits per heavy atom. The smallest absolute Gasteiger partial charge is 0.416 e. The minimum atomic E-state index is -4.38. The number of ether oxygens (including phenoxy) is 2. The number of alkyl halides is 3. The minimum absolute atomic E-state index is 0.188. The summed E-state index contributed by atoms with van der Waals surface area (Å²) >= 11 is 0. The summed E-state index contributed by atoms with van der Waals surface area (Å²) in [7, 11) is 0. The zero-order valence-electron chi connectivity index (χ0n) is 15.5. The van der Waals surface area contributed by atoms with Crippen molar-refractivity contribution in [2.24, 2.45) is 0 Å². The molecule has 8 heteroatoms. The van der Waals surface area contributed by atoms with Crippen LogP contribution in [0.3, 0.4) is 0 Å². The summed E-state index contributed by atoms with van der Waals surface area (Å²) in [5.41, 5.74) is 0.463. The van der Waals surface area contributed by atoms with Gasteiger partial charge >= 0.3 is 6.18 Å². The van der Waals surface area contributed by atoms with E-state index in [9.17, 15) is 13.2 Å². The quantitative estimate of drug-likeness (QED) is 0.610. The molecule has 0 bridgehead atoms. The third kappa shape index (κ3) is 4.44. The SMILES string of the molecule is CCOc1cc2ncnc(NCc3cccc(C(F)(F)F)c3)c2cc1OCC. The molecule has 0 unspecified atom stereocenters. The van der Waals surface area contributed by atoms with E-state index in [2.05, 4.69) is 15.3 Å². The Bertz CT molecular complexity index is 961. The van der Waals surface area contributed by atoms with Gasteiger partial charge in [0.25, 0.3) is 0 Å². The summed E-state index contributed by atoms with van der Waals surface area (Å²) < 4.78 is 49.9. The summed E-state index contributed by atoms with van der Waals surface area (Å²) in [5.74, 6) is 1.65. The normalized spacial score (nSPS) is 11.5. The Morgan fingerprint density at radius 1 is 0.964 bits per heavy atom. The van der Waals surface area contributed by atoms with Crippen LogP contribution in [-0.2, 0) is 12.7 Å². The molecule has 0 aliphatic carbocycles. The molecular weight excluding hydrogens is 371 g/mol.